The number of halogens is 1. The molecule has 1 N–H and O–H groups in total. The average molecular weight is 354 g/mol. The minimum atomic E-state index is -0.209. The fraction of sp³-hybridized carbons (Fsp3) is 0.0500. The summed E-state index contributed by atoms with van der Waals surface area (Å²) in [4.78, 5) is 14.6. The molecule has 0 aliphatic heterocycles. The molecule has 4 heteroatoms. The Balaban J connectivity index is 1.67. The van der Waals surface area contributed by atoms with Crippen LogP contribution in [0.2, 0.25) is 5.02 Å². The van der Waals surface area contributed by atoms with Crippen LogP contribution in [-0.2, 0) is 0 Å². The van der Waals surface area contributed by atoms with Gasteiger partial charge in [0.05, 0.1) is 10.6 Å². The first-order valence-electron chi connectivity index (χ1n) is 7.52. The van der Waals surface area contributed by atoms with Gasteiger partial charge in [0, 0.05) is 15.5 Å². The number of hydrogen-bond acceptors (Lipinski definition) is 2. The Morgan fingerprint density at radius 1 is 0.875 bits per heavy atom. The Kier molecular flexibility index (Phi) is 5.24. The number of carbonyl (C=O) groups is 1. The molecule has 0 aliphatic rings. The zero-order valence-corrected chi connectivity index (χ0v) is 14.7. The van der Waals surface area contributed by atoms with Crippen LogP contribution in [0.15, 0.2) is 82.6 Å². The lowest BCUT2D eigenvalue weighted by molar-refractivity contribution is 0.102. The van der Waals surface area contributed by atoms with Crippen molar-refractivity contribution in [3.63, 3.8) is 0 Å². The molecule has 24 heavy (non-hydrogen) atoms. The maximum Gasteiger partial charge on any atom is 0.257 e. The van der Waals surface area contributed by atoms with E-state index in [-0.39, 0.29) is 5.91 Å². The maximum atomic E-state index is 12.2. The Morgan fingerprint density at radius 3 is 2.08 bits per heavy atom. The molecule has 3 rings (SSSR count). The molecule has 3 aromatic rings. The quantitative estimate of drug-likeness (QED) is 0.618. The van der Waals surface area contributed by atoms with Gasteiger partial charge in [0.1, 0.15) is 0 Å². The van der Waals surface area contributed by atoms with Crippen molar-refractivity contribution >= 4 is 35.0 Å². The predicted molar refractivity (Wildman–Crippen MR) is 101 cm³/mol. The summed E-state index contributed by atoms with van der Waals surface area (Å²) in [6.45, 7) is 2.07. The predicted octanol–water partition coefficient (Wildman–Crippen LogP) is 6.05. The fourth-order valence-electron chi connectivity index (χ4n) is 2.19. The number of benzene rings is 3. The normalized spacial score (nSPS) is 10.4. The van der Waals surface area contributed by atoms with Crippen LogP contribution in [0, 0.1) is 6.92 Å². The summed E-state index contributed by atoms with van der Waals surface area (Å²) in [6, 6.07) is 23.2. The van der Waals surface area contributed by atoms with E-state index < -0.39 is 0 Å². The highest BCUT2D eigenvalue weighted by molar-refractivity contribution is 7.99. The van der Waals surface area contributed by atoms with Gasteiger partial charge in [0.25, 0.3) is 5.91 Å². The van der Waals surface area contributed by atoms with Gasteiger partial charge in [-0.15, -0.1) is 0 Å². The van der Waals surface area contributed by atoms with Gasteiger partial charge >= 0.3 is 0 Å². The van der Waals surface area contributed by atoms with E-state index in [9.17, 15) is 4.79 Å². The second-order valence-electron chi connectivity index (χ2n) is 5.37. The van der Waals surface area contributed by atoms with E-state index in [1.54, 1.807) is 36.0 Å². The zero-order chi connectivity index (χ0) is 16.9. The molecular formula is C20H16ClNOS. The first-order chi connectivity index (χ1) is 11.6. The molecule has 0 saturated heterocycles. The number of carbonyl (C=O) groups excluding carboxylic acids is 1. The Hall–Kier alpha value is -2.23. The summed E-state index contributed by atoms with van der Waals surface area (Å²) in [6.07, 6.45) is 0. The van der Waals surface area contributed by atoms with Crippen molar-refractivity contribution in [3.8, 4) is 0 Å². The molecule has 0 aromatic heterocycles. The molecular weight excluding hydrogens is 338 g/mol. The first kappa shape index (κ1) is 16.6. The molecule has 3 aromatic carbocycles. The van der Waals surface area contributed by atoms with E-state index in [0.29, 0.717) is 10.6 Å². The number of anilines is 1. The standard InChI is InChI=1S/C20H16ClNOS/c1-14-6-10-16(11-7-14)24-17-12-8-15(9-13-17)22-20(23)18-4-2-3-5-19(18)21/h2-13H,1H3,(H,22,23). The van der Waals surface area contributed by atoms with Crippen LogP contribution in [0.4, 0.5) is 5.69 Å². The van der Waals surface area contributed by atoms with Gasteiger partial charge < -0.3 is 5.32 Å². The SMILES string of the molecule is Cc1ccc(Sc2ccc(NC(=O)c3ccccc3Cl)cc2)cc1. The first-order valence-corrected chi connectivity index (χ1v) is 8.72. The Morgan fingerprint density at radius 2 is 1.46 bits per heavy atom. The van der Waals surface area contributed by atoms with E-state index in [1.807, 2.05) is 24.3 Å². The van der Waals surface area contributed by atoms with Crippen LogP contribution in [0.5, 0.6) is 0 Å². The van der Waals surface area contributed by atoms with Crippen molar-refractivity contribution in [1.29, 1.82) is 0 Å². The number of aryl methyl sites for hydroxylation is 1. The molecule has 0 atom stereocenters. The third kappa shape index (κ3) is 4.19. The minimum absolute atomic E-state index is 0.209. The summed E-state index contributed by atoms with van der Waals surface area (Å²) in [5.41, 5.74) is 2.46. The highest BCUT2D eigenvalue weighted by atomic mass is 35.5. The van der Waals surface area contributed by atoms with Crippen LogP contribution in [0.3, 0.4) is 0 Å². The van der Waals surface area contributed by atoms with Crippen LogP contribution in [0.25, 0.3) is 0 Å². The van der Waals surface area contributed by atoms with Gasteiger partial charge in [-0.1, -0.05) is 53.2 Å². The van der Waals surface area contributed by atoms with Crippen LogP contribution in [-0.4, -0.2) is 5.91 Å². The molecule has 1 amide bonds. The summed E-state index contributed by atoms with van der Waals surface area (Å²) >= 11 is 7.74. The summed E-state index contributed by atoms with van der Waals surface area (Å²) in [5, 5.41) is 3.31. The molecule has 0 radical (unpaired) electrons. The molecule has 0 aliphatic carbocycles. The van der Waals surface area contributed by atoms with Crippen molar-refractivity contribution in [2.75, 3.05) is 5.32 Å². The van der Waals surface area contributed by atoms with E-state index in [0.717, 1.165) is 10.6 Å². The van der Waals surface area contributed by atoms with Gasteiger partial charge in [0.15, 0.2) is 0 Å². The molecule has 120 valence electrons. The lowest BCUT2D eigenvalue weighted by Crippen LogP contribution is -2.12. The molecule has 0 fully saturated rings. The molecule has 0 bridgehead atoms. The smallest absolute Gasteiger partial charge is 0.257 e. The monoisotopic (exact) mass is 353 g/mol. The van der Waals surface area contributed by atoms with Crippen LogP contribution in [0.1, 0.15) is 15.9 Å². The highest BCUT2D eigenvalue weighted by Crippen LogP contribution is 2.29. The molecule has 0 saturated carbocycles. The topological polar surface area (TPSA) is 29.1 Å². The van der Waals surface area contributed by atoms with Crippen molar-refractivity contribution in [2.45, 2.75) is 16.7 Å². The number of hydrogen-bond donors (Lipinski definition) is 1. The molecule has 0 unspecified atom stereocenters. The van der Waals surface area contributed by atoms with Gasteiger partial charge in [-0.2, -0.15) is 0 Å². The van der Waals surface area contributed by atoms with E-state index in [2.05, 4.69) is 36.5 Å². The van der Waals surface area contributed by atoms with Crippen molar-refractivity contribution in [2.24, 2.45) is 0 Å². The third-order valence-corrected chi connectivity index (χ3v) is 4.83. The largest absolute Gasteiger partial charge is 0.322 e. The lowest BCUT2D eigenvalue weighted by atomic mass is 10.2. The van der Waals surface area contributed by atoms with E-state index >= 15 is 0 Å². The highest BCUT2D eigenvalue weighted by Gasteiger charge is 2.09. The van der Waals surface area contributed by atoms with Crippen LogP contribution >= 0.6 is 23.4 Å². The number of nitrogens with one attached hydrogen (secondary N) is 1. The summed E-state index contributed by atoms with van der Waals surface area (Å²) in [5.74, 6) is -0.209. The van der Waals surface area contributed by atoms with Crippen molar-refractivity contribution in [1.82, 2.24) is 0 Å². The fourth-order valence-corrected chi connectivity index (χ4v) is 3.23. The molecule has 2 nitrogen and oxygen atoms in total. The maximum absolute atomic E-state index is 12.2. The molecule has 0 heterocycles. The van der Waals surface area contributed by atoms with Crippen molar-refractivity contribution < 1.29 is 4.79 Å². The average Bonchev–Trinajstić information content (AvgIpc) is 2.59. The van der Waals surface area contributed by atoms with Gasteiger partial charge in [-0.3, -0.25) is 4.79 Å². The van der Waals surface area contributed by atoms with Crippen molar-refractivity contribution in [3.05, 3.63) is 88.9 Å². The van der Waals surface area contributed by atoms with Gasteiger partial charge in [0.2, 0.25) is 0 Å². The molecule has 0 spiro atoms. The minimum Gasteiger partial charge on any atom is -0.322 e. The Bertz CT molecular complexity index is 844. The second kappa shape index (κ2) is 7.56. The van der Waals surface area contributed by atoms with E-state index in [1.165, 1.54) is 10.5 Å². The summed E-state index contributed by atoms with van der Waals surface area (Å²) in [7, 11) is 0. The number of rotatable bonds is 4. The second-order valence-corrected chi connectivity index (χ2v) is 6.93. The number of amides is 1. The van der Waals surface area contributed by atoms with Gasteiger partial charge in [-0.25, -0.2) is 0 Å². The van der Waals surface area contributed by atoms with Gasteiger partial charge in [-0.05, 0) is 55.5 Å². The van der Waals surface area contributed by atoms with E-state index in [4.69, 9.17) is 11.6 Å². The lowest BCUT2D eigenvalue weighted by Gasteiger charge is -2.08. The van der Waals surface area contributed by atoms with Crippen LogP contribution < -0.4 is 5.32 Å². The zero-order valence-electron chi connectivity index (χ0n) is 13.1. The summed E-state index contributed by atoms with van der Waals surface area (Å²) < 4.78 is 0. The Labute approximate surface area is 150 Å². The third-order valence-electron chi connectivity index (χ3n) is 3.49.